The highest BCUT2D eigenvalue weighted by atomic mass is 16.5. The van der Waals surface area contributed by atoms with Crippen molar-refractivity contribution in [1.82, 2.24) is 10.6 Å². The van der Waals surface area contributed by atoms with Crippen LogP contribution in [0.1, 0.15) is 17.5 Å². The molecule has 3 N–H and O–H groups in total. The van der Waals surface area contributed by atoms with Crippen LogP contribution >= 0.6 is 0 Å². The minimum absolute atomic E-state index is 0.0489. The van der Waals surface area contributed by atoms with Gasteiger partial charge < -0.3 is 25.2 Å². The summed E-state index contributed by atoms with van der Waals surface area (Å²) in [7, 11) is 1.19. The number of esters is 1. The quantitative estimate of drug-likeness (QED) is 0.491. The average molecular weight is 428 g/mol. The third-order valence-corrected chi connectivity index (χ3v) is 4.30. The number of benzene rings is 2. The molecule has 0 aliphatic rings. The molecule has 2 aromatic carbocycles. The molecule has 0 bridgehead atoms. The summed E-state index contributed by atoms with van der Waals surface area (Å²) in [6, 6.07) is 15.3. The first-order valence-corrected chi connectivity index (χ1v) is 9.50. The average Bonchev–Trinajstić information content (AvgIpc) is 2.77. The van der Waals surface area contributed by atoms with Crippen LogP contribution in [0.3, 0.4) is 0 Å². The number of carboxylic acids is 1. The molecule has 0 aromatic heterocycles. The molecule has 0 heterocycles. The van der Waals surface area contributed by atoms with Gasteiger partial charge in [-0.1, -0.05) is 60.7 Å². The summed E-state index contributed by atoms with van der Waals surface area (Å²) in [4.78, 5) is 47.8. The highest BCUT2D eigenvalue weighted by molar-refractivity contribution is 5.89. The van der Waals surface area contributed by atoms with E-state index in [1.165, 1.54) is 7.11 Å². The number of methoxy groups -OCH3 is 1. The molecule has 31 heavy (non-hydrogen) atoms. The summed E-state index contributed by atoms with van der Waals surface area (Å²) in [6.45, 7) is -0.0489. The Bertz CT molecular complexity index is 887. The summed E-state index contributed by atoms with van der Waals surface area (Å²) >= 11 is 0. The minimum atomic E-state index is -1.53. The number of carboxylic acid groups (broad SMARTS) is 1. The molecule has 0 saturated heterocycles. The van der Waals surface area contributed by atoms with E-state index in [0.29, 0.717) is 0 Å². The van der Waals surface area contributed by atoms with Crippen LogP contribution in [-0.4, -0.2) is 48.2 Å². The molecular formula is C22H24N2O7. The van der Waals surface area contributed by atoms with Gasteiger partial charge in [-0.3, -0.25) is 4.79 Å². The Kier molecular flexibility index (Phi) is 9.03. The monoisotopic (exact) mass is 428 g/mol. The number of amides is 2. The number of rotatable bonds is 10. The number of ether oxygens (including phenoxy) is 2. The zero-order valence-electron chi connectivity index (χ0n) is 16.9. The van der Waals surface area contributed by atoms with Crippen molar-refractivity contribution in [2.45, 2.75) is 31.5 Å². The van der Waals surface area contributed by atoms with Crippen LogP contribution in [0.5, 0.6) is 0 Å². The van der Waals surface area contributed by atoms with Gasteiger partial charge in [0.25, 0.3) is 0 Å². The summed E-state index contributed by atoms with van der Waals surface area (Å²) in [5.41, 5.74) is 1.51. The van der Waals surface area contributed by atoms with E-state index in [0.717, 1.165) is 11.1 Å². The lowest BCUT2D eigenvalue weighted by atomic mass is 10.1. The third-order valence-electron chi connectivity index (χ3n) is 4.30. The van der Waals surface area contributed by atoms with E-state index >= 15 is 0 Å². The Hall–Kier alpha value is -3.88. The van der Waals surface area contributed by atoms with Crippen LogP contribution in [0.2, 0.25) is 0 Å². The molecular weight excluding hydrogens is 404 g/mol. The molecule has 2 aromatic rings. The van der Waals surface area contributed by atoms with E-state index in [2.05, 4.69) is 10.6 Å². The number of hydrogen-bond donors (Lipinski definition) is 3. The largest absolute Gasteiger partial charge is 0.480 e. The van der Waals surface area contributed by atoms with Crippen molar-refractivity contribution >= 4 is 23.9 Å². The summed E-state index contributed by atoms with van der Waals surface area (Å²) < 4.78 is 9.70. The number of carbonyl (C=O) groups excluding carboxylic acids is 3. The number of alkyl carbamates (subject to hydrolysis) is 1. The van der Waals surface area contributed by atoms with Gasteiger partial charge in [0, 0.05) is 6.42 Å². The first-order valence-electron chi connectivity index (χ1n) is 9.50. The van der Waals surface area contributed by atoms with Gasteiger partial charge in [-0.2, -0.15) is 0 Å². The van der Waals surface area contributed by atoms with Crippen molar-refractivity contribution in [2.24, 2.45) is 0 Å². The number of nitrogens with one attached hydrogen (secondary N) is 2. The second-order valence-corrected chi connectivity index (χ2v) is 6.63. The van der Waals surface area contributed by atoms with Gasteiger partial charge in [0.15, 0.2) is 0 Å². The van der Waals surface area contributed by atoms with Crippen molar-refractivity contribution < 1.29 is 33.8 Å². The molecule has 0 aliphatic heterocycles. The summed E-state index contributed by atoms with van der Waals surface area (Å²) in [5, 5.41) is 13.9. The Morgan fingerprint density at radius 1 is 0.871 bits per heavy atom. The van der Waals surface area contributed by atoms with Gasteiger partial charge in [0.1, 0.15) is 18.7 Å². The maximum absolute atomic E-state index is 12.4. The van der Waals surface area contributed by atoms with Crippen molar-refractivity contribution in [3.8, 4) is 0 Å². The third kappa shape index (κ3) is 8.17. The normalized spacial score (nSPS) is 12.2. The molecule has 2 amide bonds. The first kappa shape index (κ1) is 23.4. The lowest BCUT2D eigenvalue weighted by molar-refractivity contribution is -0.145. The molecule has 0 saturated carbocycles. The van der Waals surface area contributed by atoms with E-state index in [1.807, 2.05) is 12.1 Å². The SMILES string of the molecule is COC(=O)C(Cc1ccccc1)NC(=O)CC(NC(=O)OCc1ccccc1)C(=O)O. The van der Waals surface area contributed by atoms with Crippen LogP contribution in [-0.2, 0) is 36.9 Å². The second kappa shape index (κ2) is 12.0. The molecule has 0 radical (unpaired) electrons. The van der Waals surface area contributed by atoms with Crippen molar-refractivity contribution in [3.63, 3.8) is 0 Å². The topological polar surface area (TPSA) is 131 Å². The predicted molar refractivity (Wildman–Crippen MR) is 110 cm³/mol. The van der Waals surface area contributed by atoms with Crippen molar-refractivity contribution in [2.75, 3.05) is 7.11 Å². The smallest absolute Gasteiger partial charge is 0.408 e. The number of carbonyl (C=O) groups is 4. The van der Waals surface area contributed by atoms with Crippen LogP contribution in [0.4, 0.5) is 4.79 Å². The standard InChI is InChI=1S/C22H24N2O7/c1-30-21(28)18(12-15-8-4-2-5-9-15)23-19(25)13-17(20(26)27)24-22(29)31-14-16-10-6-3-7-11-16/h2-11,17-18H,12-14H2,1H3,(H,23,25)(H,24,29)(H,26,27). The molecule has 0 fully saturated rings. The Balaban J connectivity index is 1.92. The van der Waals surface area contributed by atoms with Crippen LogP contribution in [0.25, 0.3) is 0 Å². The highest BCUT2D eigenvalue weighted by Gasteiger charge is 2.27. The fraction of sp³-hybridized carbons (Fsp3) is 0.273. The molecule has 2 atom stereocenters. The molecule has 9 heteroatoms. The van der Waals surface area contributed by atoms with Crippen molar-refractivity contribution in [1.29, 1.82) is 0 Å². The fourth-order valence-corrected chi connectivity index (χ4v) is 2.73. The van der Waals surface area contributed by atoms with E-state index in [1.54, 1.807) is 48.5 Å². The van der Waals surface area contributed by atoms with Crippen LogP contribution in [0, 0.1) is 0 Å². The highest BCUT2D eigenvalue weighted by Crippen LogP contribution is 2.06. The Labute approximate surface area is 179 Å². The van der Waals surface area contributed by atoms with Gasteiger partial charge in [-0.05, 0) is 11.1 Å². The molecule has 2 unspecified atom stereocenters. The van der Waals surface area contributed by atoms with E-state index in [-0.39, 0.29) is 13.0 Å². The fourth-order valence-electron chi connectivity index (χ4n) is 2.73. The number of aliphatic carboxylic acids is 1. The number of hydrogen-bond acceptors (Lipinski definition) is 6. The maximum Gasteiger partial charge on any atom is 0.408 e. The lowest BCUT2D eigenvalue weighted by Gasteiger charge is -2.19. The molecule has 2 rings (SSSR count). The van der Waals surface area contributed by atoms with Gasteiger partial charge in [0.05, 0.1) is 13.5 Å². The van der Waals surface area contributed by atoms with Gasteiger partial charge >= 0.3 is 18.0 Å². The Morgan fingerprint density at radius 3 is 2.00 bits per heavy atom. The minimum Gasteiger partial charge on any atom is -0.480 e. The lowest BCUT2D eigenvalue weighted by Crippen LogP contribution is -2.48. The zero-order valence-corrected chi connectivity index (χ0v) is 16.9. The van der Waals surface area contributed by atoms with E-state index in [4.69, 9.17) is 9.47 Å². The van der Waals surface area contributed by atoms with Crippen LogP contribution in [0.15, 0.2) is 60.7 Å². The van der Waals surface area contributed by atoms with E-state index in [9.17, 15) is 24.3 Å². The van der Waals surface area contributed by atoms with E-state index < -0.39 is 42.4 Å². The van der Waals surface area contributed by atoms with Crippen molar-refractivity contribution in [3.05, 3.63) is 71.8 Å². The predicted octanol–water partition coefficient (Wildman–Crippen LogP) is 1.66. The first-order chi connectivity index (χ1) is 14.9. The molecule has 9 nitrogen and oxygen atoms in total. The van der Waals surface area contributed by atoms with Gasteiger partial charge in [-0.15, -0.1) is 0 Å². The second-order valence-electron chi connectivity index (χ2n) is 6.63. The summed E-state index contributed by atoms with van der Waals surface area (Å²) in [6.07, 6.45) is -1.39. The maximum atomic E-state index is 12.4. The molecule has 0 spiro atoms. The van der Waals surface area contributed by atoms with Gasteiger partial charge in [0.2, 0.25) is 5.91 Å². The van der Waals surface area contributed by atoms with Crippen LogP contribution < -0.4 is 10.6 Å². The molecule has 164 valence electrons. The summed E-state index contributed by atoms with van der Waals surface area (Å²) in [5.74, 6) is -2.81. The zero-order chi connectivity index (χ0) is 22.6. The van der Waals surface area contributed by atoms with Gasteiger partial charge in [-0.25, -0.2) is 14.4 Å². The Morgan fingerprint density at radius 2 is 1.45 bits per heavy atom. The molecule has 0 aliphatic carbocycles.